The first-order chi connectivity index (χ1) is 12.0. The molecule has 3 rings (SSSR count). The van der Waals surface area contributed by atoms with Crippen molar-refractivity contribution in [1.29, 1.82) is 0 Å². The van der Waals surface area contributed by atoms with Crippen LogP contribution in [0.15, 0.2) is 35.7 Å². The van der Waals surface area contributed by atoms with Crippen molar-refractivity contribution in [2.45, 2.75) is 26.7 Å². The Morgan fingerprint density at radius 1 is 1.04 bits per heavy atom. The Morgan fingerprint density at radius 2 is 1.80 bits per heavy atom. The minimum absolute atomic E-state index is 0.0821. The SMILES string of the molecule is Cc1ccc(CC(=O)N2CCCN(C(=O)c3cccs3)CC2)c(C)c1. The summed E-state index contributed by atoms with van der Waals surface area (Å²) in [5, 5.41) is 1.92. The molecular formula is C20H24N2O2S. The van der Waals surface area contributed by atoms with Crippen molar-refractivity contribution in [3.63, 3.8) is 0 Å². The standard InChI is InChI=1S/C20H24N2O2S/c1-15-6-7-17(16(2)13-15)14-19(23)21-8-4-9-22(11-10-21)20(24)18-5-3-12-25-18/h3,5-7,12-13H,4,8-11,14H2,1-2H3. The summed E-state index contributed by atoms with van der Waals surface area (Å²) in [4.78, 5) is 29.7. The van der Waals surface area contributed by atoms with Crippen molar-refractivity contribution in [1.82, 2.24) is 9.80 Å². The lowest BCUT2D eigenvalue weighted by atomic mass is 10.0. The van der Waals surface area contributed by atoms with Gasteiger partial charge in [-0.3, -0.25) is 9.59 Å². The van der Waals surface area contributed by atoms with E-state index in [0.717, 1.165) is 29.0 Å². The first-order valence-corrected chi connectivity index (χ1v) is 9.59. The van der Waals surface area contributed by atoms with Gasteiger partial charge in [-0.2, -0.15) is 0 Å². The fourth-order valence-electron chi connectivity index (χ4n) is 3.24. The molecule has 2 amide bonds. The van der Waals surface area contributed by atoms with Crippen molar-refractivity contribution < 1.29 is 9.59 Å². The smallest absolute Gasteiger partial charge is 0.263 e. The Morgan fingerprint density at radius 3 is 2.52 bits per heavy atom. The van der Waals surface area contributed by atoms with Crippen LogP contribution >= 0.6 is 11.3 Å². The second-order valence-electron chi connectivity index (χ2n) is 6.61. The Balaban J connectivity index is 1.60. The van der Waals surface area contributed by atoms with Crippen LogP contribution in [0.2, 0.25) is 0 Å². The molecule has 0 saturated carbocycles. The van der Waals surface area contributed by atoms with Gasteiger partial charge in [0.05, 0.1) is 11.3 Å². The van der Waals surface area contributed by atoms with E-state index in [0.29, 0.717) is 26.1 Å². The first kappa shape index (κ1) is 17.7. The molecule has 132 valence electrons. The number of carbonyl (C=O) groups excluding carboxylic acids is 2. The van der Waals surface area contributed by atoms with E-state index in [-0.39, 0.29) is 11.8 Å². The number of hydrogen-bond acceptors (Lipinski definition) is 3. The highest BCUT2D eigenvalue weighted by atomic mass is 32.1. The van der Waals surface area contributed by atoms with Crippen LogP contribution < -0.4 is 0 Å². The monoisotopic (exact) mass is 356 g/mol. The second kappa shape index (κ2) is 7.83. The van der Waals surface area contributed by atoms with Crippen LogP contribution in [0.4, 0.5) is 0 Å². The number of aryl methyl sites for hydroxylation is 2. The maximum atomic E-state index is 12.7. The fraction of sp³-hybridized carbons (Fsp3) is 0.400. The third kappa shape index (κ3) is 4.28. The second-order valence-corrected chi connectivity index (χ2v) is 7.56. The predicted octanol–water partition coefficient (Wildman–Crippen LogP) is 3.28. The van der Waals surface area contributed by atoms with Crippen molar-refractivity contribution >= 4 is 23.2 Å². The summed E-state index contributed by atoms with van der Waals surface area (Å²) in [5.41, 5.74) is 3.47. The molecule has 1 aliphatic rings. The number of amides is 2. The molecule has 25 heavy (non-hydrogen) atoms. The van der Waals surface area contributed by atoms with E-state index in [2.05, 4.69) is 26.0 Å². The molecule has 2 heterocycles. The molecule has 1 aromatic heterocycles. The molecule has 0 spiro atoms. The Kier molecular flexibility index (Phi) is 5.53. The molecule has 0 unspecified atom stereocenters. The molecule has 0 N–H and O–H groups in total. The van der Waals surface area contributed by atoms with Gasteiger partial charge in [-0.05, 0) is 42.8 Å². The van der Waals surface area contributed by atoms with E-state index < -0.39 is 0 Å². The van der Waals surface area contributed by atoms with Crippen molar-refractivity contribution in [2.24, 2.45) is 0 Å². The van der Waals surface area contributed by atoms with Crippen LogP contribution in [0.5, 0.6) is 0 Å². The maximum Gasteiger partial charge on any atom is 0.263 e. The third-order valence-electron chi connectivity index (χ3n) is 4.71. The summed E-state index contributed by atoms with van der Waals surface area (Å²) in [5.74, 6) is 0.232. The van der Waals surface area contributed by atoms with Crippen LogP contribution in [0.3, 0.4) is 0 Å². The van der Waals surface area contributed by atoms with Gasteiger partial charge in [0.15, 0.2) is 0 Å². The molecule has 0 atom stereocenters. The zero-order valence-electron chi connectivity index (χ0n) is 14.8. The van der Waals surface area contributed by atoms with Crippen LogP contribution in [0.1, 0.15) is 32.8 Å². The summed E-state index contributed by atoms with van der Waals surface area (Å²) >= 11 is 1.47. The summed E-state index contributed by atoms with van der Waals surface area (Å²) in [6, 6.07) is 9.98. The highest BCUT2D eigenvalue weighted by molar-refractivity contribution is 7.12. The van der Waals surface area contributed by atoms with Gasteiger partial charge >= 0.3 is 0 Å². The number of benzene rings is 1. The van der Waals surface area contributed by atoms with Gasteiger partial charge in [0.2, 0.25) is 5.91 Å². The Bertz CT molecular complexity index is 755. The third-order valence-corrected chi connectivity index (χ3v) is 5.57. The number of hydrogen-bond donors (Lipinski definition) is 0. The largest absolute Gasteiger partial charge is 0.341 e. The topological polar surface area (TPSA) is 40.6 Å². The molecule has 0 radical (unpaired) electrons. The van der Waals surface area contributed by atoms with Gasteiger partial charge in [-0.25, -0.2) is 0 Å². The highest BCUT2D eigenvalue weighted by Gasteiger charge is 2.23. The molecule has 2 aromatic rings. The molecule has 1 fully saturated rings. The van der Waals surface area contributed by atoms with Gasteiger partial charge in [-0.15, -0.1) is 11.3 Å². The van der Waals surface area contributed by atoms with Crippen molar-refractivity contribution in [2.75, 3.05) is 26.2 Å². The zero-order valence-corrected chi connectivity index (χ0v) is 15.6. The van der Waals surface area contributed by atoms with E-state index in [4.69, 9.17) is 0 Å². The lowest BCUT2D eigenvalue weighted by Crippen LogP contribution is -2.37. The number of rotatable bonds is 3. The number of nitrogens with zero attached hydrogens (tertiary/aromatic N) is 2. The van der Waals surface area contributed by atoms with Crippen LogP contribution in [-0.2, 0) is 11.2 Å². The normalized spacial score (nSPS) is 15.1. The van der Waals surface area contributed by atoms with Gasteiger partial charge < -0.3 is 9.80 Å². The van der Waals surface area contributed by atoms with Crippen molar-refractivity contribution in [3.05, 3.63) is 57.3 Å². The Labute approximate surface area is 153 Å². The lowest BCUT2D eigenvalue weighted by Gasteiger charge is -2.22. The number of carbonyl (C=O) groups is 2. The highest BCUT2D eigenvalue weighted by Crippen LogP contribution is 2.16. The van der Waals surface area contributed by atoms with Gasteiger partial charge in [0, 0.05) is 26.2 Å². The molecule has 5 heteroatoms. The molecule has 0 bridgehead atoms. The van der Waals surface area contributed by atoms with Crippen LogP contribution in [0.25, 0.3) is 0 Å². The average Bonchev–Trinajstić information content (AvgIpc) is 3.01. The van der Waals surface area contributed by atoms with Gasteiger partial charge in [-0.1, -0.05) is 29.8 Å². The zero-order chi connectivity index (χ0) is 17.8. The van der Waals surface area contributed by atoms with E-state index in [1.807, 2.05) is 33.4 Å². The maximum absolute atomic E-state index is 12.7. The lowest BCUT2D eigenvalue weighted by molar-refractivity contribution is -0.130. The molecule has 1 aromatic carbocycles. The molecule has 1 aliphatic heterocycles. The summed E-state index contributed by atoms with van der Waals surface area (Å²) in [6.45, 7) is 6.77. The quantitative estimate of drug-likeness (QED) is 0.847. The molecule has 4 nitrogen and oxygen atoms in total. The number of thiophene rings is 1. The van der Waals surface area contributed by atoms with Gasteiger partial charge in [0.25, 0.3) is 5.91 Å². The predicted molar refractivity (Wildman–Crippen MR) is 101 cm³/mol. The van der Waals surface area contributed by atoms with E-state index >= 15 is 0 Å². The molecule has 1 saturated heterocycles. The summed E-state index contributed by atoms with van der Waals surface area (Å²) in [7, 11) is 0. The average molecular weight is 356 g/mol. The summed E-state index contributed by atoms with van der Waals surface area (Å²) < 4.78 is 0. The molecular weight excluding hydrogens is 332 g/mol. The van der Waals surface area contributed by atoms with E-state index in [9.17, 15) is 9.59 Å². The van der Waals surface area contributed by atoms with E-state index in [1.165, 1.54) is 16.9 Å². The van der Waals surface area contributed by atoms with Gasteiger partial charge in [0.1, 0.15) is 0 Å². The summed E-state index contributed by atoms with van der Waals surface area (Å²) in [6.07, 6.45) is 1.26. The van der Waals surface area contributed by atoms with E-state index in [1.54, 1.807) is 0 Å². The van der Waals surface area contributed by atoms with Crippen LogP contribution in [-0.4, -0.2) is 47.8 Å². The minimum atomic E-state index is 0.0821. The van der Waals surface area contributed by atoms with Crippen LogP contribution in [0, 0.1) is 13.8 Å². The first-order valence-electron chi connectivity index (χ1n) is 8.71. The molecule has 0 aliphatic carbocycles. The minimum Gasteiger partial charge on any atom is -0.341 e. The Hall–Kier alpha value is -2.14. The van der Waals surface area contributed by atoms with Crippen molar-refractivity contribution in [3.8, 4) is 0 Å². The fourth-order valence-corrected chi connectivity index (χ4v) is 3.94.